The molecule has 0 saturated carbocycles. The largest absolute Gasteiger partial charge is 0.456 e. The van der Waals surface area contributed by atoms with Crippen LogP contribution in [-0.4, -0.2) is 6.54 Å². The van der Waals surface area contributed by atoms with E-state index in [1.54, 1.807) is 18.2 Å². The minimum Gasteiger partial charge on any atom is -0.456 e. The molecule has 0 saturated heterocycles. The molecule has 0 heterocycles. The Hall–Kier alpha value is -1.22. The molecule has 0 radical (unpaired) electrons. The Kier molecular flexibility index (Phi) is 5.30. The van der Waals surface area contributed by atoms with Gasteiger partial charge in [0.25, 0.3) is 0 Å². The van der Waals surface area contributed by atoms with Crippen molar-refractivity contribution in [2.75, 3.05) is 6.54 Å². The molecule has 0 atom stereocenters. The summed E-state index contributed by atoms with van der Waals surface area (Å²) in [6, 6.07) is 11.4. The van der Waals surface area contributed by atoms with Crippen LogP contribution in [0.3, 0.4) is 0 Å². The fraction of sp³-hybridized carbons (Fsp3) is 0.250. The van der Waals surface area contributed by atoms with Crippen LogP contribution in [0.2, 0.25) is 10.0 Å². The number of hydrogen-bond donors (Lipinski definition) is 1. The number of hydrogen-bond acceptors (Lipinski definition) is 2. The van der Waals surface area contributed by atoms with Crippen molar-refractivity contribution in [1.29, 1.82) is 0 Å². The third kappa shape index (κ3) is 3.89. The molecular weight excluding hydrogens is 293 g/mol. The lowest BCUT2D eigenvalue weighted by Crippen LogP contribution is -2.11. The molecule has 0 unspecified atom stereocenters. The van der Waals surface area contributed by atoms with E-state index in [0.717, 1.165) is 24.4 Å². The second-order valence-corrected chi connectivity index (χ2v) is 5.40. The van der Waals surface area contributed by atoms with Crippen molar-refractivity contribution in [3.63, 3.8) is 0 Å². The zero-order valence-electron chi connectivity index (χ0n) is 11.5. The minimum atomic E-state index is 0.508. The van der Waals surface area contributed by atoms with Crippen LogP contribution in [0.5, 0.6) is 11.5 Å². The van der Waals surface area contributed by atoms with Crippen molar-refractivity contribution >= 4 is 23.2 Å². The van der Waals surface area contributed by atoms with Crippen molar-refractivity contribution in [2.45, 2.75) is 20.4 Å². The van der Waals surface area contributed by atoms with E-state index in [2.05, 4.69) is 18.3 Å². The maximum Gasteiger partial charge on any atom is 0.146 e. The van der Waals surface area contributed by atoms with Gasteiger partial charge in [0.15, 0.2) is 0 Å². The van der Waals surface area contributed by atoms with Crippen LogP contribution in [0.25, 0.3) is 0 Å². The number of rotatable bonds is 5. The molecule has 0 aliphatic carbocycles. The molecule has 0 fully saturated rings. The van der Waals surface area contributed by atoms with E-state index in [9.17, 15) is 0 Å². The van der Waals surface area contributed by atoms with Gasteiger partial charge in [-0.25, -0.2) is 0 Å². The predicted molar refractivity (Wildman–Crippen MR) is 85.1 cm³/mol. The molecule has 0 aliphatic heterocycles. The molecule has 2 nitrogen and oxygen atoms in total. The molecule has 2 aromatic rings. The fourth-order valence-corrected chi connectivity index (χ4v) is 2.26. The summed E-state index contributed by atoms with van der Waals surface area (Å²) in [5.41, 5.74) is 2.24. The lowest BCUT2D eigenvalue weighted by molar-refractivity contribution is 0.478. The van der Waals surface area contributed by atoms with E-state index in [-0.39, 0.29) is 0 Å². The van der Waals surface area contributed by atoms with Crippen molar-refractivity contribution in [3.8, 4) is 11.5 Å². The molecule has 0 aromatic heterocycles. The summed E-state index contributed by atoms with van der Waals surface area (Å²) < 4.78 is 5.90. The van der Waals surface area contributed by atoms with E-state index >= 15 is 0 Å². The van der Waals surface area contributed by atoms with Gasteiger partial charge in [0.2, 0.25) is 0 Å². The van der Waals surface area contributed by atoms with Crippen LogP contribution in [-0.2, 0) is 6.54 Å². The standard InChI is InChI=1S/C16H17Cl2NO/c1-3-19-10-12-5-4-11(2)16(8-12)20-15-7-6-13(17)9-14(15)18/h4-9,19H,3,10H2,1-2H3. The first-order valence-corrected chi connectivity index (χ1v) is 7.29. The van der Waals surface area contributed by atoms with E-state index < -0.39 is 0 Å². The molecule has 106 valence electrons. The normalized spacial score (nSPS) is 10.6. The fourth-order valence-electron chi connectivity index (χ4n) is 1.81. The number of nitrogens with one attached hydrogen (secondary N) is 1. The van der Waals surface area contributed by atoms with Gasteiger partial charge in [-0.2, -0.15) is 0 Å². The molecule has 0 bridgehead atoms. The molecule has 2 rings (SSSR count). The molecular formula is C16H17Cl2NO. The van der Waals surface area contributed by atoms with Gasteiger partial charge in [-0.05, 0) is 48.9 Å². The molecule has 2 aromatic carbocycles. The van der Waals surface area contributed by atoms with E-state index in [1.165, 1.54) is 5.56 Å². The van der Waals surface area contributed by atoms with Crippen LogP contribution in [0.4, 0.5) is 0 Å². The molecule has 4 heteroatoms. The Morgan fingerprint density at radius 2 is 1.85 bits per heavy atom. The van der Waals surface area contributed by atoms with Crippen LogP contribution in [0, 0.1) is 6.92 Å². The van der Waals surface area contributed by atoms with Crippen molar-refractivity contribution in [2.24, 2.45) is 0 Å². The lowest BCUT2D eigenvalue weighted by atomic mass is 10.1. The Morgan fingerprint density at radius 1 is 1.05 bits per heavy atom. The van der Waals surface area contributed by atoms with Crippen LogP contribution in [0.15, 0.2) is 36.4 Å². The van der Waals surface area contributed by atoms with Gasteiger partial charge in [0.1, 0.15) is 11.5 Å². The van der Waals surface area contributed by atoms with E-state index in [1.807, 2.05) is 19.1 Å². The Morgan fingerprint density at radius 3 is 2.55 bits per heavy atom. The van der Waals surface area contributed by atoms with Crippen molar-refractivity contribution in [3.05, 3.63) is 57.6 Å². The maximum atomic E-state index is 6.13. The van der Waals surface area contributed by atoms with Crippen molar-refractivity contribution < 1.29 is 4.74 Å². The average Bonchev–Trinajstić information content (AvgIpc) is 2.42. The molecule has 0 aliphatic rings. The van der Waals surface area contributed by atoms with Gasteiger partial charge in [0, 0.05) is 11.6 Å². The number of benzene rings is 2. The summed E-state index contributed by atoms with van der Waals surface area (Å²) in [5, 5.41) is 4.40. The monoisotopic (exact) mass is 309 g/mol. The Bertz CT molecular complexity index is 599. The molecule has 1 N–H and O–H groups in total. The van der Waals surface area contributed by atoms with Gasteiger partial charge >= 0.3 is 0 Å². The highest BCUT2D eigenvalue weighted by Crippen LogP contribution is 2.33. The minimum absolute atomic E-state index is 0.508. The predicted octanol–water partition coefficient (Wildman–Crippen LogP) is 5.20. The highest BCUT2D eigenvalue weighted by Gasteiger charge is 2.07. The van der Waals surface area contributed by atoms with Crippen LogP contribution < -0.4 is 10.1 Å². The second-order valence-electron chi connectivity index (χ2n) is 4.56. The molecule has 20 heavy (non-hydrogen) atoms. The Labute approximate surface area is 129 Å². The summed E-state index contributed by atoms with van der Waals surface area (Å²) in [6.45, 7) is 5.85. The second kappa shape index (κ2) is 6.98. The topological polar surface area (TPSA) is 21.3 Å². The van der Waals surface area contributed by atoms with Crippen molar-refractivity contribution in [1.82, 2.24) is 5.32 Å². The lowest BCUT2D eigenvalue weighted by Gasteiger charge is -2.12. The third-order valence-electron chi connectivity index (χ3n) is 2.95. The van der Waals surface area contributed by atoms with Gasteiger partial charge < -0.3 is 10.1 Å². The van der Waals surface area contributed by atoms with Gasteiger partial charge in [0.05, 0.1) is 5.02 Å². The summed E-state index contributed by atoms with van der Waals surface area (Å²) in [5.74, 6) is 1.42. The smallest absolute Gasteiger partial charge is 0.146 e. The number of aryl methyl sites for hydroxylation is 1. The highest BCUT2D eigenvalue weighted by atomic mass is 35.5. The van der Waals surface area contributed by atoms with Crippen LogP contribution in [0.1, 0.15) is 18.1 Å². The number of halogens is 2. The quantitative estimate of drug-likeness (QED) is 0.819. The van der Waals surface area contributed by atoms with E-state index in [4.69, 9.17) is 27.9 Å². The SMILES string of the molecule is CCNCc1ccc(C)c(Oc2ccc(Cl)cc2Cl)c1. The van der Waals surface area contributed by atoms with Crippen LogP contribution >= 0.6 is 23.2 Å². The Balaban J connectivity index is 2.23. The highest BCUT2D eigenvalue weighted by molar-refractivity contribution is 6.35. The first kappa shape index (κ1) is 15.2. The van der Waals surface area contributed by atoms with E-state index in [0.29, 0.717) is 15.8 Å². The summed E-state index contributed by atoms with van der Waals surface area (Å²) >= 11 is 12.0. The number of ether oxygens (including phenoxy) is 1. The summed E-state index contributed by atoms with van der Waals surface area (Å²) in [7, 11) is 0. The summed E-state index contributed by atoms with van der Waals surface area (Å²) in [4.78, 5) is 0. The molecule has 0 spiro atoms. The molecule has 0 amide bonds. The first-order valence-electron chi connectivity index (χ1n) is 6.53. The zero-order valence-corrected chi connectivity index (χ0v) is 13.1. The maximum absolute atomic E-state index is 6.13. The first-order chi connectivity index (χ1) is 9.60. The van der Waals surface area contributed by atoms with Gasteiger partial charge in [-0.3, -0.25) is 0 Å². The average molecular weight is 310 g/mol. The van der Waals surface area contributed by atoms with Gasteiger partial charge in [-0.15, -0.1) is 0 Å². The zero-order chi connectivity index (χ0) is 14.5. The van der Waals surface area contributed by atoms with Gasteiger partial charge in [-0.1, -0.05) is 42.3 Å². The third-order valence-corrected chi connectivity index (χ3v) is 3.48. The summed E-state index contributed by atoms with van der Waals surface area (Å²) in [6.07, 6.45) is 0.